The maximum atomic E-state index is 12.2. The predicted molar refractivity (Wildman–Crippen MR) is 99.2 cm³/mol. The van der Waals surface area contributed by atoms with Crippen LogP contribution in [0.4, 0.5) is 0 Å². The Hall–Kier alpha value is -0.470. The molecule has 2 rings (SSSR count). The van der Waals surface area contributed by atoms with Crippen molar-refractivity contribution >= 4 is 27.6 Å². The number of aliphatic imine (C=N–C) groups is 1. The molecule has 2 saturated heterocycles. The first kappa shape index (κ1) is 18.9. The molecule has 0 aromatic rings. The van der Waals surface area contributed by atoms with Crippen LogP contribution in [0.1, 0.15) is 20.3 Å². The van der Waals surface area contributed by atoms with E-state index < -0.39 is 14.6 Å². The third-order valence-corrected chi connectivity index (χ3v) is 8.93. The molecule has 1 atom stereocenters. The number of sulfone groups is 1. The molecule has 0 radical (unpaired) electrons. The molecule has 1 unspecified atom stereocenters. The van der Waals surface area contributed by atoms with E-state index in [0.29, 0.717) is 13.1 Å². The fourth-order valence-corrected chi connectivity index (χ4v) is 6.07. The molecular formula is C15H30N4O2S2. The molecule has 23 heavy (non-hydrogen) atoms. The van der Waals surface area contributed by atoms with Crippen molar-refractivity contribution in [2.24, 2.45) is 4.99 Å². The Morgan fingerprint density at radius 2 is 2.09 bits per heavy atom. The Labute approximate surface area is 145 Å². The van der Waals surface area contributed by atoms with Crippen LogP contribution in [0.3, 0.4) is 0 Å². The van der Waals surface area contributed by atoms with E-state index in [-0.39, 0.29) is 11.3 Å². The number of rotatable bonds is 3. The first-order valence-electron chi connectivity index (χ1n) is 8.07. The van der Waals surface area contributed by atoms with Crippen molar-refractivity contribution in [2.75, 3.05) is 58.0 Å². The molecule has 0 amide bonds. The normalized spacial score (nSPS) is 30.7. The van der Waals surface area contributed by atoms with Crippen LogP contribution in [0.2, 0.25) is 0 Å². The lowest BCUT2D eigenvalue weighted by atomic mass is 9.97. The Kier molecular flexibility index (Phi) is 5.58. The minimum atomic E-state index is -3.03. The highest BCUT2D eigenvalue weighted by molar-refractivity contribution is 7.99. The van der Waals surface area contributed by atoms with Gasteiger partial charge < -0.3 is 15.1 Å². The quantitative estimate of drug-likeness (QED) is 0.583. The molecule has 6 nitrogen and oxygen atoms in total. The topological polar surface area (TPSA) is 65.0 Å². The maximum absolute atomic E-state index is 12.2. The lowest BCUT2D eigenvalue weighted by molar-refractivity contribution is 0.181. The molecule has 0 aromatic carbocycles. The molecule has 0 spiro atoms. The van der Waals surface area contributed by atoms with Gasteiger partial charge in [0.25, 0.3) is 0 Å². The Bertz CT molecular complexity index is 552. The fraction of sp³-hybridized carbons (Fsp3) is 0.933. The lowest BCUT2D eigenvalue weighted by Crippen LogP contribution is -2.60. The number of hydrogen-bond donors (Lipinski definition) is 1. The van der Waals surface area contributed by atoms with Gasteiger partial charge in [-0.15, -0.1) is 0 Å². The van der Waals surface area contributed by atoms with Gasteiger partial charge in [0.2, 0.25) is 0 Å². The smallest absolute Gasteiger partial charge is 0.193 e. The molecule has 2 aliphatic heterocycles. The zero-order chi connectivity index (χ0) is 17.3. The summed E-state index contributed by atoms with van der Waals surface area (Å²) in [4.78, 5) is 8.77. The summed E-state index contributed by atoms with van der Waals surface area (Å²) in [6, 6.07) is 0. The monoisotopic (exact) mass is 362 g/mol. The Morgan fingerprint density at radius 1 is 1.39 bits per heavy atom. The number of nitrogens with one attached hydrogen (secondary N) is 1. The summed E-state index contributed by atoms with van der Waals surface area (Å²) in [5, 5.41) is 3.49. The second kappa shape index (κ2) is 6.80. The van der Waals surface area contributed by atoms with E-state index in [2.05, 4.69) is 34.2 Å². The molecule has 0 aliphatic carbocycles. The minimum Gasteiger partial charge on any atom is -0.354 e. The van der Waals surface area contributed by atoms with Gasteiger partial charge in [-0.3, -0.25) is 4.99 Å². The van der Waals surface area contributed by atoms with Crippen LogP contribution in [0.15, 0.2) is 4.99 Å². The highest BCUT2D eigenvalue weighted by Crippen LogP contribution is 2.31. The molecule has 8 heteroatoms. The number of thioether (sulfide) groups is 1. The molecule has 2 aliphatic rings. The van der Waals surface area contributed by atoms with Crippen molar-refractivity contribution in [3.05, 3.63) is 0 Å². The number of nitrogens with zero attached hydrogens (tertiary/aromatic N) is 3. The van der Waals surface area contributed by atoms with E-state index >= 15 is 0 Å². The minimum absolute atomic E-state index is 0.151. The SMILES string of the molecule is CN=C(NCC1(N(C)C)CCSC1)N1CCS(=O)(=O)C(C)(C)C1. The second-order valence-electron chi connectivity index (χ2n) is 7.32. The number of likely N-dealkylation sites (N-methyl/N-ethyl adjacent to an activating group) is 1. The van der Waals surface area contributed by atoms with Gasteiger partial charge in [-0.05, 0) is 40.1 Å². The van der Waals surface area contributed by atoms with Crippen LogP contribution in [0, 0.1) is 0 Å². The summed E-state index contributed by atoms with van der Waals surface area (Å²) in [5.74, 6) is 3.30. The third-order valence-electron chi connectivity index (χ3n) is 5.16. The predicted octanol–water partition coefficient (Wildman–Crippen LogP) is 0.508. The van der Waals surface area contributed by atoms with Gasteiger partial charge in [0, 0.05) is 38.0 Å². The van der Waals surface area contributed by atoms with Crippen LogP contribution in [-0.2, 0) is 9.84 Å². The summed E-state index contributed by atoms with van der Waals surface area (Å²) < 4.78 is 23.6. The standard InChI is InChI=1S/C15H30N4O2S2/c1-14(2)11-19(7-9-23(14,20)21)13(16-3)17-10-15(18(4)5)6-8-22-12-15/h6-12H2,1-5H3,(H,16,17). The van der Waals surface area contributed by atoms with Crippen LogP contribution < -0.4 is 5.32 Å². The van der Waals surface area contributed by atoms with Gasteiger partial charge in [-0.1, -0.05) is 0 Å². The number of hydrogen-bond acceptors (Lipinski definition) is 5. The van der Waals surface area contributed by atoms with Gasteiger partial charge in [-0.2, -0.15) is 11.8 Å². The molecule has 2 heterocycles. The van der Waals surface area contributed by atoms with Crippen LogP contribution >= 0.6 is 11.8 Å². The van der Waals surface area contributed by atoms with Crippen LogP contribution in [0.5, 0.6) is 0 Å². The number of guanidine groups is 1. The van der Waals surface area contributed by atoms with E-state index in [9.17, 15) is 8.42 Å². The van der Waals surface area contributed by atoms with E-state index in [1.807, 2.05) is 11.8 Å². The van der Waals surface area contributed by atoms with Gasteiger partial charge in [-0.25, -0.2) is 8.42 Å². The Morgan fingerprint density at radius 3 is 2.57 bits per heavy atom. The highest BCUT2D eigenvalue weighted by Gasteiger charge is 2.42. The molecule has 1 N–H and O–H groups in total. The highest BCUT2D eigenvalue weighted by atomic mass is 32.2. The summed E-state index contributed by atoms with van der Waals surface area (Å²) in [6.07, 6.45) is 1.16. The van der Waals surface area contributed by atoms with E-state index in [0.717, 1.165) is 24.7 Å². The Balaban J connectivity index is 2.04. The van der Waals surface area contributed by atoms with Crippen molar-refractivity contribution in [2.45, 2.75) is 30.6 Å². The zero-order valence-electron chi connectivity index (χ0n) is 14.9. The van der Waals surface area contributed by atoms with E-state index in [1.54, 1.807) is 20.9 Å². The molecule has 0 aromatic heterocycles. The van der Waals surface area contributed by atoms with Gasteiger partial charge in [0.1, 0.15) is 0 Å². The van der Waals surface area contributed by atoms with Crippen LogP contribution in [0.25, 0.3) is 0 Å². The largest absolute Gasteiger partial charge is 0.354 e. The van der Waals surface area contributed by atoms with Crippen molar-refractivity contribution in [1.29, 1.82) is 0 Å². The average molecular weight is 363 g/mol. The third kappa shape index (κ3) is 3.79. The van der Waals surface area contributed by atoms with Crippen molar-refractivity contribution in [1.82, 2.24) is 15.1 Å². The first-order valence-corrected chi connectivity index (χ1v) is 10.9. The molecular weight excluding hydrogens is 332 g/mol. The molecule has 0 bridgehead atoms. The summed E-state index contributed by atoms with van der Waals surface area (Å²) in [5.41, 5.74) is 0.151. The fourth-order valence-electron chi connectivity index (χ4n) is 3.15. The van der Waals surface area contributed by atoms with Gasteiger partial charge >= 0.3 is 0 Å². The summed E-state index contributed by atoms with van der Waals surface area (Å²) in [7, 11) is 3.00. The summed E-state index contributed by atoms with van der Waals surface area (Å²) in [6.45, 7) is 5.44. The maximum Gasteiger partial charge on any atom is 0.193 e. The van der Waals surface area contributed by atoms with Crippen molar-refractivity contribution in [3.8, 4) is 0 Å². The molecule has 2 fully saturated rings. The van der Waals surface area contributed by atoms with Crippen molar-refractivity contribution in [3.63, 3.8) is 0 Å². The van der Waals surface area contributed by atoms with Crippen molar-refractivity contribution < 1.29 is 8.42 Å². The van der Waals surface area contributed by atoms with E-state index in [4.69, 9.17) is 0 Å². The second-order valence-corrected chi connectivity index (χ2v) is 11.2. The average Bonchev–Trinajstić information content (AvgIpc) is 2.93. The lowest BCUT2D eigenvalue weighted by Gasteiger charge is -2.41. The van der Waals surface area contributed by atoms with E-state index in [1.165, 1.54) is 5.75 Å². The molecule has 0 saturated carbocycles. The first-order chi connectivity index (χ1) is 10.6. The summed E-state index contributed by atoms with van der Waals surface area (Å²) >= 11 is 1.99. The van der Waals surface area contributed by atoms with Gasteiger partial charge in [0.05, 0.1) is 10.5 Å². The van der Waals surface area contributed by atoms with Crippen LogP contribution in [-0.4, -0.2) is 92.5 Å². The zero-order valence-corrected chi connectivity index (χ0v) is 16.6. The molecule has 134 valence electrons. The van der Waals surface area contributed by atoms with Gasteiger partial charge in [0.15, 0.2) is 15.8 Å².